The molecular formula is C13H18NRe-. The monoisotopic (exact) mass is 375 g/mol. The first kappa shape index (κ1) is 12.8. The SMILES string of the molecule is CC(C)(C)N1[CH-]c2ccccc2CC1.[Re]. The van der Waals surface area contributed by atoms with Gasteiger partial charge in [-0.1, -0.05) is 12.5 Å². The molecule has 2 heteroatoms. The number of benzene rings is 1. The van der Waals surface area contributed by atoms with E-state index in [-0.39, 0.29) is 26.0 Å². The van der Waals surface area contributed by atoms with Crippen molar-refractivity contribution in [1.82, 2.24) is 4.90 Å². The van der Waals surface area contributed by atoms with Gasteiger partial charge in [-0.25, -0.2) is 0 Å². The van der Waals surface area contributed by atoms with Crippen molar-refractivity contribution in [2.45, 2.75) is 32.7 Å². The molecular weight excluding hydrogens is 356 g/mol. The standard InChI is InChI=1S/C13H18N.Re/c1-13(2,3)14-9-8-11-6-4-5-7-12(11)10-14;/h4-7,10H,8-9H2,1-3H3;/q-1;. The fraction of sp³-hybridized carbons (Fsp3) is 0.462. The fourth-order valence-electron chi connectivity index (χ4n) is 1.89. The van der Waals surface area contributed by atoms with Gasteiger partial charge in [0.1, 0.15) is 0 Å². The van der Waals surface area contributed by atoms with Crippen LogP contribution in [0.15, 0.2) is 24.3 Å². The van der Waals surface area contributed by atoms with Gasteiger partial charge in [0.05, 0.1) is 0 Å². The van der Waals surface area contributed by atoms with Crippen LogP contribution < -0.4 is 0 Å². The summed E-state index contributed by atoms with van der Waals surface area (Å²) < 4.78 is 0. The second kappa shape index (κ2) is 4.70. The van der Waals surface area contributed by atoms with Crippen LogP contribution >= 0.6 is 0 Å². The molecule has 0 saturated heterocycles. The summed E-state index contributed by atoms with van der Waals surface area (Å²) in [5, 5.41) is 0. The van der Waals surface area contributed by atoms with Crippen molar-refractivity contribution >= 4 is 0 Å². The Hall–Kier alpha value is -0.288. The zero-order valence-electron chi connectivity index (χ0n) is 9.63. The predicted molar refractivity (Wildman–Crippen MR) is 60.0 cm³/mol. The van der Waals surface area contributed by atoms with Crippen LogP contribution in [0.25, 0.3) is 0 Å². The maximum Gasteiger partial charge on any atom is 0.00525 e. The third-order valence-corrected chi connectivity index (χ3v) is 2.83. The van der Waals surface area contributed by atoms with Gasteiger partial charge in [-0.15, -0.1) is 24.2 Å². The number of fused-ring (bicyclic) bond motifs is 1. The number of nitrogens with zero attached hydrogens (tertiary/aromatic N) is 1. The normalized spacial score (nSPS) is 16.2. The molecule has 0 N–H and O–H groups in total. The molecule has 1 aliphatic heterocycles. The molecule has 0 aromatic heterocycles. The van der Waals surface area contributed by atoms with Crippen LogP contribution in [-0.2, 0) is 26.8 Å². The van der Waals surface area contributed by atoms with Crippen molar-refractivity contribution in [1.29, 1.82) is 0 Å². The van der Waals surface area contributed by atoms with Crippen LogP contribution in [0.1, 0.15) is 31.9 Å². The molecule has 0 fully saturated rings. The molecule has 2 rings (SSSR count). The number of hydrogen-bond acceptors (Lipinski definition) is 1. The van der Waals surface area contributed by atoms with Gasteiger partial charge in [-0.2, -0.15) is 11.6 Å². The van der Waals surface area contributed by atoms with E-state index in [1.54, 1.807) is 0 Å². The first-order valence-electron chi connectivity index (χ1n) is 5.27. The molecule has 0 bridgehead atoms. The summed E-state index contributed by atoms with van der Waals surface area (Å²) in [4.78, 5) is 2.43. The minimum absolute atomic E-state index is 0. The Morgan fingerprint density at radius 1 is 1.20 bits per heavy atom. The molecule has 1 aromatic carbocycles. The maximum atomic E-state index is 2.43. The van der Waals surface area contributed by atoms with Gasteiger partial charge >= 0.3 is 0 Å². The molecule has 0 amide bonds. The summed E-state index contributed by atoms with van der Waals surface area (Å²) >= 11 is 0. The molecule has 1 aromatic rings. The topological polar surface area (TPSA) is 3.24 Å². The first-order valence-corrected chi connectivity index (χ1v) is 5.27. The zero-order valence-corrected chi connectivity index (χ0v) is 12.3. The Balaban J connectivity index is 0.00000112. The quantitative estimate of drug-likeness (QED) is 0.631. The second-order valence-corrected chi connectivity index (χ2v) is 4.94. The van der Waals surface area contributed by atoms with E-state index < -0.39 is 0 Å². The Labute approximate surface area is 107 Å². The molecule has 15 heavy (non-hydrogen) atoms. The molecule has 0 unspecified atom stereocenters. The average Bonchev–Trinajstić information content (AvgIpc) is 2.16. The third kappa shape index (κ3) is 2.85. The van der Waals surface area contributed by atoms with E-state index in [2.05, 4.69) is 56.5 Å². The van der Waals surface area contributed by atoms with Gasteiger partial charge in [0, 0.05) is 26.0 Å². The van der Waals surface area contributed by atoms with Crippen LogP contribution in [0.3, 0.4) is 0 Å². The van der Waals surface area contributed by atoms with Crippen LogP contribution in [0, 0.1) is 6.54 Å². The van der Waals surface area contributed by atoms with E-state index in [9.17, 15) is 0 Å². The number of rotatable bonds is 0. The zero-order chi connectivity index (χ0) is 10.2. The molecule has 0 spiro atoms. The fourth-order valence-corrected chi connectivity index (χ4v) is 1.89. The van der Waals surface area contributed by atoms with Gasteiger partial charge in [0.15, 0.2) is 0 Å². The number of hydrogen-bond donors (Lipinski definition) is 0. The van der Waals surface area contributed by atoms with Crippen molar-refractivity contribution in [3.63, 3.8) is 0 Å². The molecule has 1 aliphatic rings. The second-order valence-electron chi connectivity index (χ2n) is 4.94. The van der Waals surface area contributed by atoms with E-state index in [0.717, 1.165) is 6.54 Å². The summed E-state index contributed by atoms with van der Waals surface area (Å²) in [6.07, 6.45) is 1.17. The Morgan fingerprint density at radius 2 is 1.87 bits per heavy atom. The van der Waals surface area contributed by atoms with Crippen LogP contribution in [0.5, 0.6) is 0 Å². The molecule has 1 nitrogen and oxygen atoms in total. The minimum atomic E-state index is 0. The maximum absolute atomic E-state index is 2.43. The van der Waals surface area contributed by atoms with Crippen molar-refractivity contribution in [2.24, 2.45) is 0 Å². The Bertz CT molecular complexity index is 328. The van der Waals surface area contributed by atoms with Crippen LogP contribution in [-0.4, -0.2) is 17.0 Å². The van der Waals surface area contributed by atoms with E-state index in [1.165, 1.54) is 17.5 Å². The molecule has 83 valence electrons. The van der Waals surface area contributed by atoms with E-state index in [1.807, 2.05) is 0 Å². The van der Waals surface area contributed by atoms with Crippen LogP contribution in [0.4, 0.5) is 0 Å². The molecule has 1 heterocycles. The van der Waals surface area contributed by atoms with Gasteiger partial charge in [-0.05, 0) is 27.3 Å². The third-order valence-electron chi connectivity index (χ3n) is 2.83. The van der Waals surface area contributed by atoms with E-state index in [0.29, 0.717) is 0 Å². The smallest absolute Gasteiger partial charge is 0.00525 e. The van der Waals surface area contributed by atoms with Gasteiger partial charge in [0.2, 0.25) is 0 Å². The largest absolute Gasteiger partial charge is 0.329 e. The summed E-state index contributed by atoms with van der Waals surface area (Å²) in [6, 6.07) is 8.67. The van der Waals surface area contributed by atoms with Crippen molar-refractivity contribution in [3.8, 4) is 0 Å². The first-order chi connectivity index (χ1) is 6.57. The molecule has 0 saturated carbocycles. The molecule has 0 atom stereocenters. The summed E-state index contributed by atoms with van der Waals surface area (Å²) in [6.45, 7) is 10.2. The van der Waals surface area contributed by atoms with Crippen molar-refractivity contribution in [2.75, 3.05) is 6.54 Å². The molecule has 0 aliphatic carbocycles. The average molecular weight is 375 g/mol. The minimum Gasteiger partial charge on any atom is -0.329 e. The summed E-state index contributed by atoms with van der Waals surface area (Å²) in [7, 11) is 0. The van der Waals surface area contributed by atoms with Crippen molar-refractivity contribution in [3.05, 3.63) is 41.9 Å². The van der Waals surface area contributed by atoms with E-state index >= 15 is 0 Å². The van der Waals surface area contributed by atoms with Crippen LogP contribution in [0.2, 0.25) is 0 Å². The predicted octanol–water partition coefficient (Wildman–Crippen LogP) is 2.85. The summed E-state index contributed by atoms with van der Waals surface area (Å²) in [5.41, 5.74) is 3.11. The summed E-state index contributed by atoms with van der Waals surface area (Å²) in [5.74, 6) is 0. The van der Waals surface area contributed by atoms with Gasteiger partial charge in [0.25, 0.3) is 0 Å². The van der Waals surface area contributed by atoms with Crippen molar-refractivity contribution < 1.29 is 20.4 Å². The van der Waals surface area contributed by atoms with Gasteiger partial charge in [-0.3, -0.25) is 0 Å². The van der Waals surface area contributed by atoms with Gasteiger partial charge < -0.3 is 4.90 Å². The molecule has 1 radical (unpaired) electrons. The Kier molecular flexibility index (Phi) is 4.00. The Morgan fingerprint density at radius 3 is 2.53 bits per heavy atom. The van der Waals surface area contributed by atoms with E-state index in [4.69, 9.17) is 0 Å².